The van der Waals surface area contributed by atoms with Gasteiger partial charge in [0, 0.05) is 17.6 Å². The summed E-state index contributed by atoms with van der Waals surface area (Å²) in [6.45, 7) is 2.57. The van der Waals surface area contributed by atoms with Crippen LogP contribution in [0.25, 0.3) is 11.5 Å². The lowest BCUT2D eigenvalue weighted by molar-refractivity contribution is -0.126. The molecule has 1 saturated heterocycles. The van der Waals surface area contributed by atoms with Gasteiger partial charge >= 0.3 is 6.03 Å². The molecular weight excluding hydrogens is 384 g/mol. The molecule has 3 rings (SSSR count). The zero-order valence-electron chi connectivity index (χ0n) is 12.2. The number of amides is 3. The standard InChI is InChI=1S/C14H13BrN4O3S/c1-8(12(20)19-7-6-16-13(19)21)23-14-18-17-11(22-14)9-4-2-3-5-10(9)15/h2-5,8H,6-7H2,1H3,(H,16,21)/t8-/m0/s1. The van der Waals surface area contributed by atoms with Crippen LogP contribution < -0.4 is 5.32 Å². The first-order chi connectivity index (χ1) is 11.1. The van der Waals surface area contributed by atoms with E-state index < -0.39 is 5.25 Å². The molecular formula is C14H13BrN4O3S. The molecule has 23 heavy (non-hydrogen) atoms. The molecule has 1 aliphatic rings. The van der Waals surface area contributed by atoms with Crippen LogP contribution in [0.4, 0.5) is 4.79 Å². The minimum atomic E-state index is -0.494. The van der Waals surface area contributed by atoms with E-state index in [1.54, 1.807) is 6.92 Å². The summed E-state index contributed by atoms with van der Waals surface area (Å²) in [5, 5.41) is 10.4. The van der Waals surface area contributed by atoms with Gasteiger partial charge in [-0.15, -0.1) is 10.2 Å². The van der Waals surface area contributed by atoms with Crippen LogP contribution in [0, 0.1) is 0 Å². The first kappa shape index (κ1) is 16.0. The van der Waals surface area contributed by atoms with Gasteiger partial charge in [-0.3, -0.25) is 9.69 Å². The topological polar surface area (TPSA) is 88.3 Å². The number of halogens is 1. The number of carbonyl (C=O) groups is 2. The summed E-state index contributed by atoms with van der Waals surface area (Å²) in [4.78, 5) is 25.0. The second kappa shape index (κ2) is 6.71. The van der Waals surface area contributed by atoms with Crippen molar-refractivity contribution < 1.29 is 14.0 Å². The molecule has 7 nitrogen and oxygen atoms in total. The maximum atomic E-state index is 12.2. The molecule has 0 bridgehead atoms. The molecule has 1 aliphatic heterocycles. The van der Waals surface area contributed by atoms with Crippen molar-refractivity contribution in [1.82, 2.24) is 20.4 Å². The largest absolute Gasteiger partial charge is 0.411 e. The summed E-state index contributed by atoms with van der Waals surface area (Å²) in [5.41, 5.74) is 0.782. The maximum Gasteiger partial charge on any atom is 0.324 e. The zero-order valence-corrected chi connectivity index (χ0v) is 14.6. The Balaban J connectivity index is 1.70. The Morgan fingerprint density at radius 1 is 1.43 bits per heavy atom. The predicted octanol–water partition coefficient (Wildman–Crippen LogP) is 2.53. The lowest BCUT2D eigenvalue weighted by atomic mass is 10.2. The summed E-state index contributed by atoms with van der Waals surface area (Å²) in [6, 6.07) is 7.14. The van der Waals surface area contributed by atoms with E-state index in [1.807, 2.05) is 24.3 Å². The molecule has 0 radical (unpaired) electrons. The Labute approximate surface area is 144 Å². The highest BCUT2D eigenvalue weighted by molar-refractivity contribution is 9.10. The molecule has 9 heteroatoms. The minimum absolute atomic E-state index is 0.273. The molecule has 1 atom stereocenters. The first-order valence-electron chi connectivity index (χ1n) is 6.90. The normalized spacial score (nSPS) is 15.6. The summed E-state index contributed by atoms with van der Waals surface area (Å²) in [7, 11) is 0. The molecule has 0 aliphatic carbocycles. The van der Waals surface area contributed by atoms with Crippen molar-refractivity contribution in [2.45, 2.75) is 17.4 Å². The second-order valence-corrected chi connectivity index (χ2v) is 6.98. The van der Waals surface area contributed by atoms with Gasteiger partial charge in [0.1, 0.15) is 0 Å². The van der Waals surface area contributed by atoms with Crippen molar-refractivity contribution in [2.75, 3.05) is 13.1 Å². The van der Waals surface area contributed by atoms with Crippen LogP contribution in [0.15, 0.2) is 38.4 Å². The van der Waals surface area contributed by atoms with Crippen molar-refractivity contribution in [2.24, 2.45) is 0 Å². The van der Waals surface area contributed by atoms with E-state index >= 15 is 0 Å². The van der Waals surface area contributed by atoms with E-state index in [9.17, 15) is 9.59 Å². The molecule has 120 valence electrons. The smallest absolute Gasteiger partial charge is 0.324 e. The van der Waals surface area contributed by atoms with E-state index in [4.69, 9.17) is 4.42 Å². The maximum absolute atomic E-state index is 12.2. The van der Waals surface area contributed by atoms with Gasteiger partial charge in [0.2, 0.25) is 11.8 Å². The van der Waals surface area contributed by atoms with E-state index in [2.05, 4.69) is 31.4 Å². The minimum Gasteiger partial charge on any atom is -0.411 e. The second-order valence-electron chi connectivity index (χ2n) is 4.83. The third kappa shape index (κ3) is 3.40. The molecule has 2 heterocycles. The molecule has 1 aromatic heterocycles. The molecule has 0 saturated carbocycles. The van der Waals surface area contributed by atoms with Crippen molar-refractivity contribution in [3.63, 3.8) is 0 Å². The van der Waals surface area contributed by atoms with E-state index in [0.717, 1.165) is 21.8 Å². The molecule has 1 fully saturated rings. The van der Waals surface area contributed by atoms with Crippen LogP contribution in [-0.4, -0.2) is 45.4 Å². The fraction of sp³-hybridized carbons (Fsp3) is 0.286. The van der Waals surface area contributed by atoms with E-state index in [0.29, 0.717) is 19.0 Å². The van der Waals surface area contributed by atoms with Crippen LogP contribution in [0.5, 0.6) is 0 Å². The Hall–Kier alpha value is -1.87. The van der Waals surface area contributed by atoms with Gasteiger partial charge in [-0.05, 0) is 35.0 Å². The number of rotatable bonds is 4. The van der Waals surface area contributed by atoms with Crippen LogP contribution in [0.3, 0.4) is 0 Å². The molecule has 2 aromatic rings. The molecule has 1 N–H and O–H groups in total. The number of hydrogen-bond donors (Lipinski definition) is 1. The average Bonchev–Trinajstić information content (AvgIpc) is 3.16. The van der Waals surface area contributed by atoms with Gasteiger partial charge in [-0.2, -0.15) is 0 Å². The average molecular weight is 397 g/mol. The fourth-order valence-electron chi connectivity index (χ4n) is 2.10. The quantitative estimate of drug-likeness (QED) is 0.798. The highest BCUT2D eigenvalue weighted by atomic mass is 79.9. The van der Waals surface area contributed by atoms with Crippen LogP contribution >= 0.6 is 27.7 Å². The summed E-state index contributed by atoms with van der Waals surface area (Å²) in [5.74, 6) is 0.101. The van der Waals surface area contributed by atoms with Crippen molar-refractivity contribution in [3.05, 3.63) is 28.7 Å². The van der Waals surface area contributed by atoms with Crippen LogP contribution in [0.1, 0.15) is 6.92 Å². The number of imide groups is 1. The number of carbonyl (C=O) groups excluding carboxylic acids is 2. The zero-order chi connectivity index (χ0) is 16.4. The number of nitrogens with zero attached hydrogens (tertiary/aromatic N) is 3. The third-order valence-electron chi connectivity index (χ3n) is 3.26. The van der Waals surface area contributed by atoms with Crippen molar-refractivity contribution in [1.29, 1.82) is 0 Å². The van der Waals surface area contributed by atoms with Gasteiger partial charge in [0.25, 0.3) is 5.22 Å². The number of benzene rings is 1. The van der Waals surface area contributed by atoms with Gasteiger partial charge < -0.3 is 9.73 Å². The first-order valence-corrected chi connectivity index (χ1v) is 8.58. The highest BCUT2D eigenvalue weighted by Gasteiger charge is 2.31. The van der Waals surface area contributed by atoms with Gasteiger partial charge in [0.05, 0.1) is 10.8 Å². The number of aromatic nitrogens is 2. The molecule has 0 unspecified atom stereocenters. The number of thioether (sulfide) groups is 1. The van der Waals surface area contributed by atoms with Crippen LogP contribution in [0.2, 0.25) is 0 Å². The van der Waals surface area contributed by atoms with Crippen molar-refractivity contribution >= 4 is 39.6 Å². The number of urea groups is 1. The lowest BCUT2D eigenvalue weighted by Gasteiger charge is -2.15. The fourth-order valence-corrected chi connectivity index (χ4v) is 3.30. The molecule has 3 amide bonds. The Kier molecular flexibility index (Phi) is 4.67. The van der Waals surface area contributed by atoms with E-state index in [-0.39, 0.29) is 17.2 Å². The van der Waals surface area contributed by atoms with Gasteiger partial charge in [0.15, 0.2) is 0 Å². The summed E-state index contributed by atoms with van der Waals surface area (Å²) >= 11 is 4.56. The van der Waals surface area contributed by atoms with Crippen molar-refractivity contribution in [3.8, 4) is 11.5 Å². The van der Waals surface area contributed by atoms with Gasteiger partial charge in [-0.1, -0.05) is 23.9 Å². The molecule has 0 spiro atoms. The summed E-state index contributed by atoms with van der Waals surface area (Å²) in [6.07, 6.45) is 0. The van der Waals surface area contributed by atoms with Gasteiger partial charge in [-0.25, -0.2) is 4.79 Å². The van der Waals surface area contributed by atoms with E-state index in [1.165, 1.54) is 4.90 Å². The number of hydrogen-bond acceptors (Lipinski definition) is 6. The Bertz CT molecular complexity index is 751. The Morgan fingerprint density at radius 3 is 2.91 bits per heavy atom. The summed E-state index contributed by atoms with van der Waals surface area (Å²) < 4.78 is 6.45. The third-order valence-corrected chi connectivity index (χ3v) is 4.87. The van der Waals surface area contributed by atoms with Crippen LogP contribution in [-0.2, 0) is 4.79 Å². The highest BCUT2D eigenvalue weighted by Crippen LogP contribution is 2.30. The number of nitrogens with one attached hydrogen (secondary N) is 1. The predicted molar refractivity (Wildman–Crippen MR) is 87.9 cm³/mol. The lowest BCUT2D eigenvalue weighted by Crippen LogP contribution is -2.38. The molecule has 1 aromatic carbocycles. The monoisotopic (exact) mass is 396 g/mol. The Morgan fingerprint density at radius 2 is 2.22 bits per heavy atom. The SMILES string of the molecule is C[C@H](Sc1nnc(-c2ccccc2Br)o1)C(=O)N1CCNC1=O.